The van der Waals surface area contributed by atoms with Gasteiger partial charge in [-0.15, -0.1) is 0 Å². The number of benzene rings is 1. The predicted octanol–water partition coefficient (Wildman–Crippen LogP) is -1.88. The van der Waals surface area contributed by atoms with Crippen molar-refractivity contribution in [3.63, 3.8) is 0 Å². The largest absolute Gasteiger partial charge is 0.504 e. The molecule has 142 valence electrons. The monoisotopic (exact) mass is 360 g/mol. The summed E-state index contributed by atoms with van der Waals surface area (Å²) in [7, 11) is 1.41. The van der Waals surface area contributed by atoms with Gasteiger partial charge in [0.25, 0.3) is 0 Å². The molecule has 1 fully saturated rings. The van der Waals surface area contributed by atoms with Gasteiger partial charge in [0.15, 0.2) is 17.8 Å². The molecule has 0 aliphatic carbocycles. The van der Waals surface area contributed by atoms with Crippen molar-refractivity contribution in [3.05, 3.63) is 23.8 Å². The molecule has 1 saturated heterocycles. The average molecular weight is 360 g/mol. The van der Waals surface area contributed by atoms with Gasteiger partial charge in [-0.1, -0.05) is 6.07 Å². The van der Waals surface area contributed by atoms with Crippen LogP contribution in [0.15, 0.2) is 18.2 Å². The molecule has 1 heterocycles. The Bertz CT molecular complexity index is 550. The van der Waals surface area contributed by atoms with Crippen LogP contribution < -0.4 is 4.74 Å². The van der Waals surface area contributed by atoms with Gasteiger partial charge in [0, 0.05) is 6.42 Å². The Morgan fingerprint density at radius 3 is 2.52 bits per heavy atom. The van der Waals surface area contributed by atoms with Crippen molar-refractivity contribution in [2.75, 3.05) is 20.3 Å². The van der Waals surface area contributed by atoms with Gasteiger partial charge in [-0.3, -0.25) is 0 Å². The van der Waals surface area contributed by atoms with E-state index in [4.69, 9.17) is 19.3 Å². The zero-order valence-corrected chi connectivity index (χ0v) is 13.7. The molecule has 9 heteroatoms. The van der Waals surface area contributed by atoms with Crippen LogP contribution in [0.4, 0.5) is 0 Å². The molecule has 0 amide bonds. The second-order valence-electron chi connectivity index (χ2n) is 5.89. The van der Waals surface area contributed by atoms with Crippen molar-refractivity contribution < 1.29 is 44.8 Å². The third-order valence-electron chi connectivity index (χ3n) is 4.02. The van der Waals surface area contributed by atoms with Gasteiger partial charge in [0.1, 0.15) is 24.4 Å². The molecule has 25 heavy (non-hydrogen) atoms. The maximum absolute atomic E-state index is 10.1. The van der Waals surface area contributed by atoms with Crippen molar-refractivity contribution in [1.29, 1.82) is 0 Å². The Labute approximate surface area is 144 Å². The Hall–Kier alpha value is -1.46. The van der Waals surface area contributed by atoms with Crippen LogP contribution in [0.3, 0.4) is 0 Å². The van der Waals surface area contributed by atoms with E-state index in [1.807, 2.05) is 0 Å². The zero-order valence-electron chi connectivity index (χ0n) is 13.7. The van der Waals surface area contributed by atoms with Gasteiger partial charge in [0.05, 0.1) is 26.4 Å². The summed E-state index contributed by atoms with van der Waals surface area (Å²) in [6.07, 6.45) is -7.64. The summed E-state index contributed by atoms with van der Waals surface area (Å²) in [4.78, 5) is 0. The Balaban J connectivity index is 1.89. The molecule has 2 rings (SSSR count). The van der Waals surface area contributed by atoms with E-state index in [-0.39, 0.29) is 24.5 Å². The molecule has 1 aliphatic heterocycles. The lowest BCUT2D eigenvalue weighted by Crippen LogP contribution is -2.59. The van der Waals surface area contributed by atoms with Crippen molar-refractivity contribution in [3.8, 4) is 11.5 Å². The van der Waals surface area contributed by atoms with Crippen LogP contribution in [0.1, 0.15) is 5.56 Å². The first-order chi connectivity index (χ1) is 11.9. The minimum Gasteiger partial charge on any atom is -0.504 e. The van der Waals surface area contributed by atoms with Gasteiger partial charge >= 0.3 is 0 Å². The van der Waals surface area contributed by atoms with E-state index in [1.54, 1.807) is 12.1 Å². The number of hydrogen-bond acceptors (Lipinski definition) is 9. The molecule has 0 saturated carbocycles. The van der Waals surface area contributed by atoms with Gasteiger partial charge < -0.3 is 44.8 Å². The lowest BCUT2D eigenvalue weighted by atomic mass is 9.99. The van der Waals surface area contributed by atoms with Crippen LogP contribution in [-0.2, 0) is 15.9 Å². The molecule has 0 spiro atoms. The molecule has 0 radical (unpaired) electrons. The molecule has 1 unspecified atom stereocenters. The molecule has 6 atom stereocenters. The summed E-state index contributed by atoms with van der Waals surface area (Å²) in [6.45, 7) is -0.771. The minimum absolute atomic E-state index is 0.0155. The quantitative estimate of drug-likeness (QED) is 0.328. The van der Waals surface area contributed by atoms with Gasteiger partial charge in [-0.2, -0.15) is 0 Å². The SMILES string of the molecule is COc1cc(CC(O)CO[C@@H]2O[C@H](CO)[C@@H](O)[C@H](O)[C@H]2O)ccc1O. The Morgan fingerprint density at radius 2 is 1.88 bits per heavy atom. The molecule has 6 N–H and O–H groups in total. The maximum Gasteiger partial charge on any atom is 0.186 e. The first-order valence-electron chi connectivity index (χ1n) is 7.83. The van der Waals surface area contributed by atoms with E-state index in [9.17, 15) is 25.5 Å². The molecule has 1 aromatic carbocycles. The standard InChI is InChI=1S/C16H24O9/c1-23-11-5-8(2-3-10(11)19)4-9(18)7-24-16-15(22)14(21)13(20)12(6-17)25-16/h2-3,5,9,12-22H,4,6-7H2,1H3/t9?,12-,13-,14+,15-,16-/m1/s1. The summed E-state index contributed by atoms with van der Waals surface area (Å²) < 4.78 is 15.5. The van der Waals surface area contributed by atoms with Gasteiger partial charge in [-0.25, -0.2) is 0 Å². The van der Waals surface area contributed by atoms with Crippen molar-refractivity contribution in [2.24, 2.45) is 0 Å². The summed E-state index contributed by atoms with van der Waals surface area (Å²) in [5.41, 5.74) is 0.694. The highest BCUT2D eigenvalue weighted by Crippen LogP contribution is 2.27. The molecule has 1 aromatic rings. The van der Waals surface area contributed by atoms with E-state index >= 15 is 0 Å². The predicted molar refractivity (Wildman–Crippen MR) is 84.1 cm³/mol. The minimum atomic E-state index is -1.53. The highest BCUT2D eigenvalue weighted by atomic mass is 16.7. The molecule has 1 aliphatic rings. The fraction of sp³-hybridized carbons (Fsp3) is 0.625. The van der Waals surface area contributed by atoms with E-state index in [2.05, 4.69) is 0 Å². The number of aromatic hydroxyl groups is 1. The summed E-state index contributed by atoms with van der Waals surface area (Å²) >= 11 is 0. The van der Waals surface area contributed by atoms with E-state index < -0.39 is 43.4 Å². The summed E-state index contributed by atoms with van der Waals surface area (Å²) in [6, 6.07) is 4.64. The fourth-order valence-electron chi connectivity index (χ4n) is 2.59. The Kier molecular flexibility index (Phi) is 6.96. The fourth-order valence-corrected chi connectivity index (χ4v) is 2.59. The third-order valence-corrected chi connectivity index (χ3v) is 4.02. The van der Waals surface area contributed by atoms with Crippen LogP contribution in [-0.4, -0.2) is 87.8 Å². The van der Waals surface area contributed by atoms with Crippen LogP contribution >= 0.6 is 0 Å². The highest BCUT2D eigenvalue weighted by molar-refractivity contribution is 5.41. The lowest BCUT2D eigenvalue weighted by Gasteiger charge is -2.39. The van der Waals surface area contributed by atoms with Crippen LogP contribution in [0, 0.1) is 0 Å². The number of aliphatic hydroxyl groups is 5. The third kappa shape index (κ3) is 4.79. The second kappa shape index (κ2) is 8.77. The van der Waals surface area contributed by atoms with Crippen LogP contribution in [0.2, 0.25) is 0 Å². The highest BCUT2D eigenvalue weighted by Gasteiger charge is 2.44. The zero-order chi connectivity index (χ0) is 18.6. The number of methoxy groups -OCH3 is 1. The van der Waals surface area contributed by atoms with Gasteiger partial charge in [0.2, 0.25) is 0 Å². The molecule has 0 bridgehead atoms. The van der Waals surface area contributed by atoms with E-state index in [0.29, 0.717) is 5.56 Å². The number of phenols is 1. The number of rotatable bonds is 7. The lowest BCUT2D eigenvalue weighted by molar-refractivity contribution is -0.304. The molecular formula is C16H24O9. The first-order valence-corrected chi connectivity index (χ1v) is 7.83. The molecular weight excluding hydrogens is 336 g/mol. The first kappa shape index (κ1) is 19.9. The number of phenolic OH excluding ortho intramolecular Hbond substituents is 1. The number of ether oxygens (including phenoxy) is 3. The van der Waals surface area contributed by atoms with Crippen molar-refractivity contribution in [1.82, 2.24) is 0 Å². The van der Waals surface area contributed by atoms with E-state index in [1.165, 1.54) is 13.2 Å². The molecule has 9 nitrogen and oxygen atoms in total. The number of aliphatic hydroxyl groups excluding tert-OH is 5. The smallest absolute Gasteiger partial charge is 0.186 e. The van der Waals surface area contributed by atoms with Crippen LogP contribution in [0.5, 0.6) is 11.5 Å². The topological polar surface area (TPSA) is 149 Å². The summed E-state index contributed by atoms with van der Waals surface area (Å²) in [5.74, 6) is 0.262. The van der Waals surface area contributed by atoms with Gasteiger partial charge in [-0.05, 0) is 17.7 Å². The van der Waals surface area contributed by atoms with E-state index in [0.717, 1.165) is 0 Å². The number of hydrogen-bond donors (Lipinski definition) is 6. The Morgan fingerprint density at radius 1 is 1.16 bits per heavy atom. The normalized spacial score (nSPS) is 30.9. The van der Waals surface area contributed by atoms with Crippen molar-refractivity contribution in [2.45, 2.75) is 43.2 Å². The maximum atomic E-state index is 10.1. The summed E-state index contributed by atoms with van der Waals surface area (Å²) in [5, 5.41) is 57.9. The van der Waals surface area contributed by atoms with Crippen molar-refractivity contribution >= 4 is 0 Å². The average Bonchev–Trinajstić information content (AvgIpc) is 2.60. The molecule has 0 aromatic heterocycles. The van der Waals surface area contributed by atoms with Crippen LogP contribution in [0.25, 0.3) is 0 Å². The second-order valence-corrected chi connectivity index (χ2v) is 5.89.